The molecule has 0 saturated heterocycles. The number of nitrogens with zero attached hydrogens (tertiary/aromatic N) is 3. The maximum absolute atomic E-state index is 5.74. The molecular formula is C10H9BrClN3O. The largest absolute Gasteiger partial charge is 0.338 e. The Labute approximate surface area is 106 Å². The highest BCUT2D eigenvalue weighted by Gasteiger charge is 2.15. The van der Waals surface area contributed by atoms with E-state index in [9.17, 15) is 0 Å². The van der Waals surface area contributed by atoms with Gasteiger partial charge in [-0.3, -0.25) is 4.98 Å². The first-order chi connectivity index (χ1) is 7.70. The molecule has 0 N–H and O–H groups in total. The van der Waals surface area contributed by atoms with Gasteiger partial charge in [0, 0.05) is 6.20 Å². The average Bonchev–Trinajstić information content (AvgIpc) is 2.78. The van der Waals surface area contributed by atoms with E-state index in [-0.39, 0.29) is 4.83 Å². The maximum Gasteiger partial charge on any atom is 0.240 e. The van der Waals surface area contributed by atoms with Crippen LogP contribution < -0.4 is 0 Å². The zero-order valence-corrected chi connectivity index (χ0v) is 10.9. The van der Waals surface area contributed by atoms with Crippen LogP contribution in [0.25, 0.3) is 11.5 Å². The maximum atomic E-state index is 5.74. The molecule has 0 aliphatic rings. The predicted molar refractivity (Wildman–Crippen MR) is 64.5 cm³/mol. The third-order valence-corrected chi connectivity index (χ3v) is 3.29. The van der Waals surface area contributed by atoms with Gasteiger partial charge in [0.05, 0.1) is 9.85 Å². The zero-order chi connectivity index (χ0) is 11.5. The van der Waals surface area contributed by atoms with Crippen molar-refractivity contribution in [3.63, 3.8) is 0 Å². The molecule has 1 unspecified atom stereocenters. The van der Waals surface area contributed by atoms with E-state index in [1.807, 2.05) is 6.92 Å². The zero-order valence-electron chi connectivity index (χ0n) is 8.52. The fraction of sp³-hybridized carbons (Fsp3) is 0.300. The highest BCUT2D eigenvalue weighted by molar-refractivity contribution is 9.09. The van der Waals surface area contributed by atoms with Crippen LogP contribution in [0, 0.1) is 0 Å². The molecule has 2 heterocycles. The molecular weight excluding hydrogens is 293 g/mol. The second-order valence-corrected chi connectivity index (χ2v) is 4.74. The molecule has 0 fully saturated rings. The van der Waals surface area contributed by atoms with Gasteiger partial charge in [-0.05, 0) is 18.6 Å². The number of hydrogen-bond acceptors (Lipinski definition) is 4. The van der Waals surface area contributed by atoms with Gasteiger partial charge in [-0.25, -0.2) is 0 Å². The fourth-order valence-corrected chi connectivity index (χ4v) is 1.45. The van der Waals surface area contributed by atoms with Gasteiger partial charge < -0.3 is 4.52 Å². The minimum Gasteiger partial charge on any atom is -0.338 e. The smallest absolute Gasteiger partial charge is 0.240 e. The molecule has 2 aromatic heterocycles. The Morgan fingerprint density at radius 2 is 2.31 bits per heavy atom. The number of alkyl halides is 1. The summed E-state index contributed by atoms with van der Waals surface area (Å²) in [6.45, 7) is 2.03. The lowest BCUT2D eigenvalue weighted by Gasteiger charge is -1.96. The molecule has 0 saturated carbocycles. The quantitative estimate of drug-likeness (QED) is 0.812. The second kappa shape index (κ2) is 4.93. The van der Waals surface area contributed by atoms with Gasteiger partial charge in [-0.2, -0.15) is 4.98 Å². The number of rotatable bonds is 3. The molecule has 1 atom stereocenters. The van der Waals surface area contributed by atoms with E-state index in [0.717, 1.165) is 6.42 Å². The SMILES string of the molecule is CCC(Br)c1nc(-c2ccc(Cl)cn2)no1. The van der Waals surface area contributed by atoms with E-state index in [1.165, 1.54) is 0 Å². The molecule has 0 aromatic carbocycles. The summed E-state index contributed by atoms with van der Waals surface area (Å²) >= 11 is 9.19. The van der Waals surface area contributed by atoms with Gasteiger partial charge in [0.1, 0.15) is 5.69 Å². The topological polar surface area (TPSA) is 51.8 Å². The van der Waals surface area contributed by atoms with Crippen LogP contribution in [0.3, 0.4) is 0 Å². The van der Waals surface area contributed by atoms with Gasteiger partial charge in [-0.15, -0.1) is 0 Å². The fourth-order valence-electron chi connectivity index (χ4n) is 1.15. The molecule has 0 amide bonds. The Balaban J connectivity index is 2.28. The Hall–Kier alpha value is -0.940. The van der Waals surface area contributed by atoms with Crippen LogP contribution in [0.5, 0.6) is 0 Å². The van der Waals surface area contributed by atoms with Crippen molar-refractivity contribution in [3.8, 4) is 11.5 Å². The summed E-state index contributed by atoms with van der Waals surface area (Å²) in [5.74, 6) is 1.04. The summed E-state index contributed by atoms with van der Waals surface area (Å²) in [5, 5.41) is 4.45. The number of pyridine rings is 1. The molecule has 0 aliphatic carbocycles. The molecule has 0 spiro atoms. The highest BCUT2D eigenvalue weighted by Crippen LogP contribution is 2.26. The lowest BCUT2D eigenvalue weighted by molar-refractivity contribution is 0.377. The predicted octanol–water partition coefficient (Wildman–Crippen LogP) is 3.63. The molecule has 0 radical (unpaired) electrons. The monoisotopic (exact) mass is 301 g/mol. The molecule has 2 aromatic rings. The van der Waals surface area contributed by atoms with E-state index < -0.39 is 0 Å². The van der Waals surface area contributed by atoms with Crippen molar-refractivity contribution in [2.45, 2.75) is 18.2 Å². The van der Waals surface area contributed by atoms with Gasteiger partial charge in [-0.1, -0.05) is 39.6 Å². The van der Waals surface area contributed by atoms with Gasteiger partial charge in [0.2, 0.25) is 11.7 Å². The summed E-state index contributed by atoms with van der Waals surface area (Å²) in [6.07, 6.45) is 2.44. The van der Waals surface area contributed by atoms with Gasteiger partial charge >= 0.3 is 0 Å². The van der Waals surface area contributed by atoms with Crippen molar-refractivity contribution < 1.29 is 4.52 Å². The molecule has 0 aliphatic heterocycles. The first-order valence-corrected chi connectivity index (χ1v) is 6.09. The van der Waals surface area contributed by atoms with Crippen LogP contribution in [0.4, 0.5) is 0 Å². The van der Waals surface area contributed by atoms with Crippen LogP contribution in [0.1, 0.15) is 24.1 Å². The summed E-state index contributed by atoms with van der Waals surface area (Å²) in [6, 6.07) is 3.50. The number of hydrogen-bond donors (Lipinski definition) is 0. The summed E-state index contributed by atoms with van der Waals surface area (Å²) in [4.78, 5) is 8.45. The van der Waals surface area contributed by atoms with Gasteiger partial charge in [0.25, 0.3) is 0 Å². The van der Waals surface area contributed by atoms with E-state index in [4.69, 9.17) is 16.1 Å². The Kier molecular flexibility index (Phi) is 3.56. The van der Waals surface area contributed by atoms with E-state index >= 15 is 0 Å². The van der Waals surface area contributed by atoms with Crippen molar-refractivity contribution in [2.75, 3.05) is 0 Å². The van der Waals surface area contributed by atoms with E-state index in [1.54, 1.807) is 18.3 Å². The van der Waals surface area contributed by atoms with Crippen molar-refractivity contribution in [1.82, 2.24) is 15.1 Å². The van der Waals surface area contributed by atoms with Crippen LogP contribution in [0.15, 0.2) is 22.9 Å². The van der Waals surface area contributed by atoms with Crippen LogP contribution >= 0.6 is 27.5 Å². The molecule has 0 bridgehead atoms. The molecule has 2 rings (SSSR count). The minimum atomic E-state index is 0.0843. The van der Waals surface area contributed by atoms with Crippen molar-refractivity contribution >= 4 is 27.5 Å². The summed E-state index contributed by atoms with van der Waals surface area (Å²) in [5.41, 5.74) is 0.648. The standard InChI is InChI=1S/C10H9BrClN3O/c1-2-7(11)10-14-9(15-16-10)8-4-3-6(12)5-13-8/h3-5,7H,2H2,1H3. The minimum absolute atomic E-state index is 0.0843. The average molecular weight is 303 g/mol. The third-order valence-electron chi connectivity index (χ3n) is 2.02. The first-order valence-electron chi connectivity index (χ1n) is 4.80. The van der Waals surface area contributed by atoms with Gasteiger partial charge in [0.15, 0.2) is 0 Å². The first kappa shape index (κ1) is 11.5. The second-order valence-electron chi connectivity index (χ2n) is 3.19. The Morgan fingerprint density at radius 1 is 1.50 bits per heavy atom. The van der Waals surface area contributed by atoms with Crippen LogP contribution in [-0.2, 0) is 0 Å². The van der Waals surface area contributed by atoms with E-state index in [2.05, 4.69) is 31.1 Å². The lowest BCUT2D eigenvalue weighted by Crippen LogP contribution is -1.88. The Bertz CT molecular complexity index is 471. The molecule has 84 valence electrons. The summed E-state index contributed by atoms with van der Waals surface area (Å²) < 4.78 is 5.12. The van der Waals surface area contributed by atoms with Crippen molar-refractivity contribution in [2.24, 2.45) is 0 Å². The number of halogens is 2. The van der Waals surface area contributed by atoms with Crippen molar-refractivity contribution in [3.05, 3.63) is 29.2 Å². The highest BCUT2D eigenvalue weighted by atomic mass is 79.9. The van der Waals surface area contributed by atoms with E-state index in [0.29, 0.717) is 22.4 Å². The normalized spacial score (nSPS) is 12.7. The van der Waals surface area contributed by atoms with Crippen LogP contribution in [0.2, 0.25) is 5.02 Å². The molecule has 4 nitrogen and oxygen atoms in total. The third kappa shape index (κ3) is 2.41. The van der Waals surface area contributed by atoms with Crippen molar-refractivity contribution in [1.29, 1.82) is 0 Å². The lowest BCUT2D eigenvalue weighted by atomic mass is 10.3. The Morgan fingerprint density at radius 3 is 2.94 bits per heavy atom. The number of aromatic nitrogens is 3. The molecule has 16 heavy (non-hydrogen) atoms. The summed E-state index contributed by atoms with van der Waals surface area (Å²) in [7, 11) is 0. The molecule has 6 heteroatoms. The van der Waals surface area contributed by atoms with Crippen LogP contribution in [-0.4, -0.2) is 15.1 Å².